The van der Waals surface area contributed by atoms with Crippen molar-refractivity contribution in [2.24, 2.45) is 7.05 Å². The number of anilines is 2. The highest BCUT2D eigenvalue weighted by Gasteiger charge is 2.16. The van der Waals surface area contributed by atoms with E-state index < -0.39 is 0 Å². The van der Waals surface area contributed by atoms with Gasteiger partial charge in [0.25, 0.3) is 0 Å². The van der Waals surface area contributed by atoms with Gasteiger partial charge in [0.15, 0.2) is 5.16 Å². The Bertz CT molecular complexity index is 1070. The van der Waals surface area contributed by atoms with Crippen molar-refractivity contribution in [3.05, 3.63) is 59.4 Å². The molecule has 2 amide bonds. The fourth-order valence-corrected chi connectivity index (χ4v) is 3.61. The predicted octanol–water partition coefficient (Wildman–Crippen LogP) is 3.78. The highest BCUT2D eigenvalue weighted by Crippen LogP contribution is 2.25. The molecule has 0 spiro atoms. The van der Waals surface area contributed by atoms with Crippen LogP contribution in [0.1, 0.15) is 12.7 Å². The van der Waals surface area contributed by atoms with E-state index in [0.29, 0.717) is 39.7 Å². The first-order valence-corrected chi connectivity index (χ1v) is 10.9. The van der Waals surface area contributed by atoms with Crippen molar-refractivity contribution >= 4 is 46.6 Å². The molecule has 0 radical (unpaired) electrons. The minimum absolute atomic E-state index is 0.0310. The molecule has 2 N–H and O–H groups in total. The molecule has 10 heteroatoms. The maximum atomic E-state index is 12.4. The Kier molecular flexibility index (Phi) is 7.91. The van der Waals surface area contributed by atoms with E-state index in [4.69, 9.17) is 16.3 Å². The molecular weight excluding hydrogens is 438 g/mol. The maximum absolute atomic E-state index is 12.4. The van der Waals surface area contributed by atoms with Gasteiger partial charge in [-0.15, -0.1) is 10.2 Å². The number of thioether (sulfide) groups is 1. The van der Waals surface area contributed by atoms with Crippen LogP contribution in [0, 0.1) is 0 Å². The topological polar surface area (TPSA) is 98.1 Å². The van der Waals surface area contributed by atoms with Gasteiger partial charge in [0.1, 0.15) is 11.6 Å². The van der Waals surface area contributed by atoms with E-state index >= 15 is 0 Å². The molecule has 3 aromatic rings. The van der Waals surface area contributed by atoms with Crippen LogP contribution < -0.4 is 15.4 Å². The second-order valence-electron chi connectivity index (χ2n) is 6.43. The molecule has 3 rings (SSSR count). The number of amides is 2. The van der Waals surface area contributed by atoms with Crippen LogP contribution >= 0.6 is 23.4 Å². The number of para-hydroxylation sites is 3. The second-order valence-corrected chi connectivity index (χ2v) is 7.78. The summed E-state index contributed by atoms with van der Waals surface area (Å²) in [5.41, 5.74) is 1.15. The molecule has 0 unspecified atom stereocenters. The molecular formula is C21H22ClN5O3S. The third-order valence-electron chi connectivity index (χ3n) is 4.19. The van der Waals surface area contributed by atoms with E-state index in [0.717, 1.165) is 0 Å². The molecule has 0 saturated carbocycles. The van der Waals surface area contributed by atoms with Gasteiger partial charge >= 0.3 is 0 Å². The molecule has 0 bridgehead atoms. The summed E-state index contributed by atoms with van der Waals surface area (Å²) in [5, 5.41) is 14.7. The summed E-state index contributed by atoms with van der Waals surface area (Å²) in [6.07, 6.45) is 0.0310. The lowest BCUT2D eigenvalue weighted by molar-refractivity contribution is -0.116. The minimum Gasteiger partial charge on any atom is -0.492 e. The molecule has 31 heavy (non-hydrogen) atoms. The van der Waals surface area contributed by atoms with E-state index in [1.54, 1.807) is 48.0 Å². The van der Waals surface area contributed by atoms with Crippen molar-refractivity contribution in [3.8, 4) is 5.75 Å². The lowest BCUT2D eigenvalue weighted by Gasteiger charge is -2.11. The van der Waals surface area contributed by atoms with E-state index in [9.17, 15) is 9.59 Å². The van der Waals surface area contributed by atoms with E-state index in [-0.39, 0.29) is 24.0 Å². The maximum Gasteiger partial charge on any atom is 0.234 e. The number of hydrogen-bond donors (Lipinski definition) is 2. The van der Waals surface area contributed by atoms with Gasteiger partial charge in [0.2, 0.25) is 11.8 Å². The Morgan fingerprint density at radius 2 is 1.71 bits per heavy atom. The summed E-state index contributed by atoms with van der Waals surface area (Å²) in [6, 6.07) is 14.3. The average molecular weight is 460 g/mol. The monoisotopic (exact) mass is 459 g/mol. The number of benzene rings is 2. The van der Waals surface area contributed by atoms with Crippen molar-refractivity contribution in [1.82, 2.24) is 14.8 Å². The predicted molar refractivity (Wildman–Crippen MR) is 122 cm³/mol. The van der Waals surface area contributed by atoms with Crippen molar-refractivity contribution in [3.63, 3.8) is 0 Å². The van der Waals surface area contributed by atoms with Gasteiger partial charge in [-0.2, -0.15) is 0 Å². The van der Waals surface area contributed by atoms with Crippen molar-refractivity contribution < 1.29 is 14.3 Å². The second kappa shape index (κ2) is 10.8. The van der Waals surface area contributed by atoms with Crippen LogP contribution in [0.4, 0.5) is 11.4 Å². The van der Waals surface area contributed by atoms with Crippen LogP contribution in [-0.2, 0) is 23.1 Å². The Morgan fingerprint density at radius 1 is 1.03 bits per heavy atom. The molecule has 1 aromatic heterocycles. The van der Waals surface area contributed by atoms with Crippen LogP contribution in [-0.4, -0.2) is 38.9 Å². The standard InChI is InChI=1S/C21H22ClN5O3S/c1-3-30-17-11-7-6-10-16(17)24-20(29)13-31-21-26-25-18(27(21)2)12-19(28)23-15-9-5-4-8-14(15)22/h4-11H,3,12-13H2,1-2H3,(H,23,28)(H,24,29). The Hall–Kier alpha value is -3.04. The zero-order chi connectivity index (χ0) is 22.2. The fraction of sp³-hybridized carbons (Fsp3) is 0.238. The number of hydrogen-bond acceptors (Lipinski definition) is 6. The first-order valence-electron chi connectivity index (χ1n) is 9.55. The van der Waals surface area contributed by atoms with Gasteiger partial charge < -0.3 is 19.9 Å². The molecule has 0 aliphatic rings. The van der Waals surface area contributed by atoms with Crippen LogP contribution in [0.15, 0.2) is 53.7 Å². The van der Waals surface area contributed by atoms with Crippen LogP contribution in [0.25, 0.3) is 0 Å². The number of ether oxygens (including phenoxy) is 1. The summed E-state index contributed by atoms with van der Waals surface area (Å²) in [5.74, 6) is 0.782. The summed E-state index contributed by atoms with van der Waals surface area (Å²) >= 11 is 7.30. The summed E-state index contributed by atoms with van der Waals surface area (Å²) in [6.45, 7) is 2.39. The number of nitrogens with zero attached hydrogens (tertiary/aromatic N) is 3. The van der Waals surface area contributed by atoms with Crippen molar-refractivity contribution in [1.29, 1.82) is 0 Å². The Morgan fingerprint density at radius 3 is 2.45 bits per heavy atom. The number of halogens is 1. The smallest absolute Gasteiger partial charge is 0.234 e. The van der Waals surface area contributed by atoms with E-state index in [2.05, 4.69) is 20.8 Å². The minimum atomic E-state index is -0.259. The van der Waals surface area contributed by atoms with E-state index in [1.807, 2.05) is 19.1 Å². The van der Waals surface area contributed by atoms with Crippen molar-refractivity contribution in [2.45, 2.75) is 18.5 Å². The van der Waals surface area contributed by atoms with Gasteiger partial charge in [0.05, 0.1) is 35.2 Å². The van der Waals surface area contributed by atoms with Crippen molar-refractivity contribution in [2.75, 3.05) is 23.0 Å². The molecule has 0 atom stereocenters. The molecule has 0 fully saturated rings. The molecule has 8 nitrogen and oxygen atoms in total. The lowest BCUT2D eigenvalue weighted by Crippen LogP contribution is -2.17. The average Bonchev–Trinajstić information content (AvgIpc) is 3.09. The Balaban J connectivity index is 1.55. The highest BCUT2D eigenvalue weighted by molar-refractivity contribution is 7.99. The summed E-state index contributed by atoms with van der Waals surface area (Å²) in [4.78, 5) is 24.7. The van der Waals surface area contributed by atoms with Gasteiger partial charge in [-0.25, -0.2) is 0 Å². The lowest BCUT2D eigenvalue weighted by atomic mass is 10.3. The van der Waals surface area contributed by atoms with Gasteiger partial charge in [-0.05, 0) is 31.2 Å². The molecule has 0 aliphatic heterocycles. The van der Waals surface area contributed by atoms with Gasteiger partial charge in [0, 0.05) is 7.05 Å². The largest absolute Gasteiger partial charge is 0.492 e. The van der Waals surface area contributed by atoms with E-state index in [1.165, 1.54) is 11.8 Å². The molecule has 2 aromatic carbocycles. The molecule has 1 heterocycles. The fourth-order valence-electron chi connectivity index (χ4n) is 2.69. The number of carbonyl (C=O) groups excluding carboxylic acids is 2. The van der Waals surface area contributed by atoms with Crippen LogP contribution in [0.2, 0.25) is 5.02 Å². The number of aromatic nitrogens is 3. The normalized spacial score (nSPS) is 10.5. The first-order chi connectivity index (χ1) is 15.0. The number of carbonyl (C=O) groups is 2. The molecule has 0 aliphatic carbocycles. The molecule has 162 valence electrons. The van der Waals surface area contributed by atoms with Crippen LogP contribution in [0.5, 0.6) is 5.75 Å². The van der Waals surface area contributed by atoms with Gasteiger partial charge in [-0.1, -0.05) is 47.6 Å². The number of rotatable bonds is 9. The van der Waals surface area contributed by atoms with Gasteiger partial charge in [-0.3, -0.25) is 9.59 Å². The zero-order valence-electron chi connectivity index (χ0n) is 17.1. The first kappa shape index (κ1) is 22.6. The third kappa shape index (κ3) is 6.22. The zero-order valence-corrected chi connectivity index (χ0v) is 18.7. The number of nitrogens with one attached hydrogen (secondary N) is 2. The molecule has 0 saturated heterocycles. The van der Waals surface area contributed by atoms with Crippen LogP contribution in [0.3, 0.4) is 0 Å². The third-order valence-corrected chi connectivity index (χ3v) is 5.53. The quantitative estimate of drug-likeness (QED) is 0.472. The summed E-state index contributed by atoms with van der Waals surface area (Å²) in [7, 11) is 1.75. The Labute approximate surface area is 189 Å². The summed E-state index contributed by atoms with van der Waals surface area (Å²) < 4.78 is 7.21. The highest BCUT2D eigenvalue weighted by atomic mass is 35.5. The SMILES string of the molecule is CCOc1ccccc1NC(=O)CSc1nnc(CC(=O)Nc2ccccc2Cl)n1C.